The average Bonchev–Trinajstić information content (AvgIpc) is 3.35. The molecule has 0 aromatic carbocycles. The molecule has 396 valence electrons. The Hall–Kier alpha value is -4.12. The Morgan fingerprint density at radius 3 is 1.23 bits per heavy atom. The molecule has 12 heteroatoms. The summed E-state index contributed by atoms with van der Waals surface area (Å²) >= 11 is 0. The van der Waals surface area contributed by atoms with Crippen molar-refractivity contribution in [1.82, 2.24) is 0 Å². The van der Waals surface area contributed by atoms with E-state index in [2.05, 4.69) is 130 Å². The smallest absolute Gasteiger partial charge is 0.462 e. The lowest BCUT2D eigenvalue weighted by atomic mass is 10.1. The van der Waals surface area contributed by atoms with Gasteiger partial charge >= 0.3 is 25.7 Å². The summed E-state index contributed by atoms with van der Waals surface area (Å²) < 4.78 is 39.2. The number of carbonyl (C=O) groups is 3. The molecule has 0 aliphatic rings. The van der Waals surface area contributed by atoms with Crippen LogP contribution in [-0.4, -0.2) is 66.5 Å². The maximum absolute atomic E-state index is 12.9. The summed E-state index contributed by atoms with van der Waals surface area (Å²) in [6.07, 6.45) is 61.8. The van der Waals surface area contributed by atoms with Crippen molar-refractivity contribution >= 4 is 25.7 Å². The molecule has 3 atom stereocenters. The third-order valence-corrected chi connectivity index (χ3v) is 11.3. The highest BCUT2D eigenvalue weighted by molar-refractivity contribution is 7.47. The minimum absolute atomic E-state index is 0.0332. The van der Waals surface area contributed by atoms with E-state index in [0.717, 1.165) is 128 Å². The van der Waals surface area contributed by atoms with Gasteiger partial charge in [-0.05, 0) is 109 Å². The quantitative estimate of drug-likeness (QED) is 0.0197. The van der Waals surface area contributed by atoms with Crippen LogP contribution in [0.4, 0.5) is 0 Å². The molecule has 70 heavy (non-hydrogen) atoms. The first-order chi connectivity index (χ1) is 34.2. The third-order valence-electron chi connectivity index (χ3n) is 10.3. The molecule has 0 aliphatic heterocycles. The zero-order valence-corrected chi connectivity index (χ0v) is 44.3. The van der Waals surface area contributed by atoms with E-state index in [1.165, 1.54) is 0 Å². The fraction of sp³-hybridized carbons (Fsp3) is 0.603. The predicted molar refractivity (Wildman–Crippen MR) is 288 cm³/mol. The molecule has 0 spiro atoms. The highest BCUT2D eigenvalue weighted by atomic mass is 31.2. The van der Waals surface area contributed by atoms with Gasteiger partial charge in [0, 0.05) is 19.3 Å². The molecule has 0 aliphatic carbocycles. The first-order valence-corrected chi connectivity index (χ1v) is 27.9. The Kier molecular flexibility index (Phi) is 48.2. The summed E-state index contributed by atoms with van der Waals surface area (Å²) in [4.78, 5) is 48.3. The monoisotopic (exact) mass is 997 g/mol. The fourth-order valence-corrected chi connectivity index (χ4v) is 7.18. The summed E-state index contributed by atoms with van der Waals surface area (Å²) in [5, 5.41) is 9.78. The van der Waals surface area contributed by atoms with E-state index in [1.54, 1.807) is 0 Å². The number of allylic oxidation sites excluding steroid dienone is 20. The lowest BCUT2D eigenvalue weighted by Gasteiger charge is -2.21. The van der Waals surface area contributed by atoms with Gasteiger partial charge in [0.15, 0.2) is 6.10 Å². The van der Waals surface area contributed by atoms with E-state index in [0.29, 0.717) is 19.3 Å². The van der Waals surface area contributed by atoms with Crippen molar-refractivity contribution < 1.29 is 52.2 Å². The first kappa shape index (κ1) is 65.9. The third kappa shape index (κ3) is 48.9. The van der Waals surface area contributed by atoms with Crippen molar-refractivity contribution in [3.8, 4) is 0 Å². The van der Waals surface area contributed by atoms with Crippen LogP contribution >= 0.6 is 7.82 Å². The van der Waals surface area contributed by atoms with Crippen LogP contribution in [0.25, 0.3) is 0 Å². The van der Waals surface area contributed by atoms with Crippen molar-refractivity contribution in [2.75, 3.05) is 26.4 Å². The number of aliphatic hydroxyl groups is 1. The minimum Gasteiger partial charge on any atom is -0.462 e. The van der Waals surface area contributed by atoms with Crippen molar-refractivity contribution in [1.29, 1.82) is 0 Å². The Labute approximate surface area is 424 Å². The lowest BCUT2D eigenvalue weighted by Crippen LogP contribution is -2.30. The number of ether oxygens (including phenoxy) is 3. The molecule has 0 heterocycles. The molecule has 0 amide bonds. The molecule has 0 aromatic rings. The van der Waals surface area contributed by atoms with Gasteiger partial charge < -0.3 is 24.2 Å². The standard InChI is InChI=1S/C58H93O11P/c1-4-7-10-13-16-19-22-25-26-27-28-31-32-35-38-41-44-47-56(60)65-51-55(69-58(62)49-46-43-40-37-34-30-24-21-18-15-12-9-6-3)53-67-70(63,64)66-52-54(50-59)68-57(61)48-45-42-39-36-33-29-23-20-17-14-11-8-5-2/h7,9-12,14,16,18-21,23,25-26,28,30-31,34,40,43,54-55,59H,4-6,8,13,15,17,22,24,27,29,32-33,35-39,41-42,44-53H2,1-3H3,(H,63,64)/b10-7-,12-9-,14-11-,19-16-,21-18-,23-20-,26-25-,31-28-,34-30-,43-40-. The predicted octanol–water partition coefficient (Wildman–Crippen LogP) is 15.2. The number of phosphoric ester groups is 1. The van der Waals surface area contributed by atoms with Gasteiger partial charge in [0.1, 0.15) is 12.7 Å². The SMILES string of the molecule is CC/C=C\C/C=C\C/C=C\C/C=C\CCCCCCC(=O)OCC(COP(=O)(O)OCC(CO)OC(=O)CCCCCCC/C=C\C/C=C\CCC)OC(=O)CC/C=C\C/C=C\C/C=C\C/C=C\CC. The zero-order chi connectivity index (χ0) is 51.3. The van der Waals surface area contributed by atoms with Crippen molar-refractivity contribution in [3.05, 3.63) is 122 Å². The van der Waals surface area contributed by atoms with Gasteiger partial charge in [-0.15, -0.1) is 0 Å². The highest BCUT2D eigenvalue weighted by Gasteiger charge is 2.28. The zero-order valence-electron chi connectivity index (χ0n) is 43.4. The second kappa shape index (κ2) is 51.2. The summed E-state index contributed by atoms with van der Waals surface area (Å²) in [5.41, 5.74) is 0. The molecule has 0 fully saturated rings. The van der Waals surface area contributed by atoms with Gasteiger partial charge in [0.25, 0.3) is 0 Å². The first-order valence-electron chi connectivity index (χ1n) is 26.4. The number of esters is 3. The van der Waals surface area contributed by atoms with Gasteiger partial charge in [-0.1, -0.05) is 181 Å². The number of unbranched alkanes of at least 4 members (excludes halogenated alkanes) is 10. The largest absolute Gasteiger partial charge is 0.472 e. The molecular formula is C58H93O11P. The Morgan fingerprint density at radius 1 is 0.414 bits per heavy atom. The Morgan fingerprint density at radius 2 is 0.771 bits per heavy atom. The number of hydrogen-bond donors (Lipinski definition) is 2. The Balaban J connectivity index is 4.87. The van der Waals surface area contributed by atoms with Crippen LogP contribution in [0.15, 0.2) is 122 Å². The van der Waals surface area contributed by atoms with Crippen LogP contribution in [0.1, 0.15) is 188 Å². The average molecular weight is 997 g/mol. The molecule has 0 rings (SSSR count). The number of hydrogen-bond acceptors (Lipinski definition) is 10. The highest BCUT2D eigenvalue weighted by Crippen LogP contribution is 2.43. The second-order valence-electron chi connectivity index (χ2n) is 16.9. The van der Waals surface area contributed by atoms with Gasteiger partial charge in [0.05, 0.1) is 19.8 Å². The number of aliphatic hydroxyl groups excluding tert-OH is 1. The van der Waals surface area contributed by atoms with E-state index in [9.17, 15) is 28.9 Å². The van der Waals surface area contributed by atoms with Crippen LogP contribution < -0.4 is 0 Å². The van der Waals surface area contributed by atoms with E-state index in [1.807, 2.05) is 12.2 Å². The van der Waals surface area contributed by atoms with Crippen LogP contribution in [0.3, 0.4) is 0 Å². The lowest BCUT2D eigenvalue weighted by molar-refractivity contribution is -0.161. The van der Waals surface area contributed by atoms with Gasteiger partial charge in [-0.25, -0.2) is 4.57 Å². The molecule has 3 unspecified atom stereocenters. The molecule has 0 saturated carbocycles. The molecule has 2 N–H and O–H groups in total. The van der Waals surface area contributed by atoms with Crippen LogP contribution in [0.5, 0.6) is 0 Å². The van der Waals surface area contributed by atoms with Gasteiger partial charge in [-0.3, -0.25) is 23.4 Å². The maximum atomic E-state index is 12.9. The Bertz CT molecular complexity index is 1630. The molecular weight excluding hydrogens is 904 g/mol. The number of rotatable bonds is 47. The van der Waals surface area contributed by atoms with Crippen LogP contribution in [-0.2, 0) is 42.2 Å². The van der Waals surface area contributed by atoms with E-state index in [-0.39, 0.29) is 25.9 Å². The normalized spacial score (nSPS) is 14.4. The maximum Gasteiger partial charge on any atom is 0.472 e. The summed E-state index contributed by atoms with van der Waals surface area (Å²) in [6.45, 7) is 4.18. The molecule has 11 nitrogen and oxygen atoms in total. The van der Waals surface area contributed by atoms with E-state index >= 15 is 0 Å². The van der Waals surface area contributed by atoms with E-state index < -0.39 is 57.8 Å². The molecule has 0 radical (unpaired) electrons. The van der Waals surface area contributed by atoms with Crippen LogP contribution in [0.2, 0.25) is 0 Å². The summed E-state index contributed by atoms with van der Waals surface area (Å²) in [7, 11) is -4.78. The van der Waals surface area contributed by atoms with Crippen molar-refractivity contribution in [3.63, 3.8) is 0 Å². The summed E-state index contributed by atoms with van der Waals surface area (Å²) in [6, 6.07) is 0. The topological polar surface area (TPSA) is 155 Å². The minimum atomic E-state index is -4.78. The van der Waals surface area contributed by atoms with Gasteiger partial charge in [-0.2, -0.15) is 0 Å². The number of phosphoric acid groups is 1. The molecule has 0 bridgehead atoms. The number of carbonyl (C=O) groups excluding carboxylic acids is 3. The van der Waals surface area contributed by atoms with Crippen molar-refractivity contribution in [2.24, 2.45) is 0 Å². The second-order valence-corrected chi connectivity index (χ2v) is 18.4. The molecule has 0 aromatic heterocycles. The summed E-state index contributed by atoms with van der Waals surface area (Å²) in [5.74, 6) is -1.62. The molecule has 0 saturated heterocycles. The fourth-order valence-electron chi connectivity index (χ4n) is 6.40. The van der Waals surface area contributed by atoms with Crippen molar-refractivity contribution in [2.45, 2.75) is 200 Å². The van der Waals surface area contributed by atoms with Crippen LogP contribution in [0, 0.1) is 0 Å². The van der Waals surface area contributed by atoms with Gasteiger partial charge in [0.2, 0.25) is 0 Å². The van der Waals surface area contributed by atoms with E-state index in [4.69, 9.17) is 23.3 Å².